The maximum Gasteiger partial charge on any atom is 0.251 e. The summed E-state index contributed by atoms with van der Waals surface area (Å²) in [5.41, 5.74) is 0.493. The summed E-state index contributed by atoms with van der Waals surface area (Å²) in [5.74, 6) is -0.146. The van der Waals surface area contributed by atoms with Crippen LogP contribution in [0, 0.1) is 0 Å². The SMILES string of the molecule is CCCN(CCC)S(=O)(=O)c1ccc(C(=O)NC2CCNC(C)C2)cc1. The lowest BCUT2D eigenvalue weighted by molar-refractivity contribution is 0.0925. The molecule has 0 spiro atoms. The Labute approximate surface area is 157 Å². The second-order valence-electron chi connectivity index (χ2n) is 6.98. The highest BCUT2D eigenvalue weighted by Gasteiger charge is 2.24. The van der Waals surface area contributed by atoms with Gasteiger partial charge in [0.15, 0.2) is 0 Å². The molecule has 7 heteroatoms. The summed E-state index contributed by atoms with van der Waals surface area (Å²) in [6, 6.07) is 6.82. The molecule has 1 aromatic carbocycles. The molecule has 0 bridgehead atoms. The van der Waals surface area contributed by atoms with Crippen molar-refractivity contribution < 1.29 is 13.2 Å². The average Bonchev–Trinajstić information content (AvgIpc) is 2.61. The minimum absolute atomic E-state index is 0.146. The number of rotatable bonds is 8. The van der Waals surface area contributed by atoms with E-state index >= 15 is 0 Å². The van der Waals surface area contributed by atoms with Gasteiger partial charge in [-0.2, -0.15) is 4.31 Å². The molecule has 2 N–H and O–H groups in total. The number of carbonyl (C=O) groups is 1. The summed E-state index contributed by atoms with van der Waals surface area (Å²) in [5, 5.41) is 6.41. The molecule has 0 aliphatic carbocycles. The van der Waals surface area contributed by atoms with Crippen molar-refractivity contribution in [2.24, 2.45) is 0 Å². The van der Waals surface area contributed by atoms with Crippen LogP contribution in [0.25, 0.3) is 0 Å². The van der Waals surface area contributed by atoms with E-state index in [2.05, 4.69) is 17.6 Å². The van der Waals surface area contributed by atoms with E-state index in [1.807, 2.05) is 13.8 Å². The number of sulfonamides is 1. The van der Waals surface area contributed by atoms with Crippen molar-refractivity contribution in [2.75, 3.05) is 19.6 Å². The third-order valence-electron chi connectivity index (χ3n) is 4.66. The third-order valence-corrected chi connectivity index (χ3v) is 6.57. The van der Waals surface area contributed by atoms with E-state index in [1.165, 1.54) is 16.4 Å². The van der Waals surface area contributed by atoms with E-state index in [4.69, 9.17) is 0 Å². The van der Waals surface area contributed by atoms with Crippen molar-refractivity contribution in [1.29, 1.82) is 0 Å². The third kappa shape index (κ3) is 5.28. The second kappa shape index (κ2) is 9.48. The van der Waals surface area contributed by atoms with Crippen molar-refractivity contribution in [3.05, 3.63) is 29.8 Å². The van der Waals surface area contributed by atoms with E-state index < -0.39 is 10.0 Å². The molecule has 1 saturated heterocycles. The molecule has 26 heavy (non-hydrogen) atoms. The van der Waals surface area contributed by atoms with Crippen LogP contribution in [-0.2, 0) is 10.0 Å². The second-order valence-corrected chi connectivity index (χ2v) is 8.92. The summed E-state index contributed by atoms with van der Waals surface area (Å²) < 4.78 is 27.0. The first-order valence-corrected chi connectivity index (χ1v) is 11.0. The molecule has 0 aromatic heterocycles. The van der Waals surface area contributed by atoms with Gasteiger partial charge in [-0.1, -0.05) is 13.8 Å². The minimum atomic E-state index is -3.51. The molecule has 0 radical (unpaired) electrons. The van der Waals surface area contributed by atoms with Crippen LogP contribution in [0.2, 0.25) is 0 Å². The van der Waals surface area contributed by atoms with E-state index in [9.17, 15) is 13.2 Å². The van der Waals surface area contributed by atoms with Crippen LogP contribution in [0.3, 0.4) is 0 Å². The number of benzene rings is 1. The van der Waals surface area contributed by atoms with Crippen molar-refractivity contribution in [3.8, 4) is 0 Å². The Morgan fingerprint density at radius 1 is 1.19 bits per heavy atom. The number of carbonyl (C=O) groups excluding carboxylic acids is 1. The highest BCUT2D eigenvalue weighted by molar-refractivity contribution is 7.89. The molecule has 1 aliphatic heterocycles. The summed E-state index contributed by atoms with van der Waals surface area (Å²) >= 11 is 0. The predicted octanol–water partition coefficient (Wildman–Crippen LogP) is 2.37. The van der Waals surface area contributed by atoms with Gasteiger partial charge >= 0.3 is 0 Å². The standard InChI is InChI=1S/C19H31N3O3S/c1-4-12-22(13-5-2)26(24,25)18-8-6-16(7-9-18)19(23)21-17-10-11-20-15(3)14-17/h6-9,15,17,20H,4-5,10-14H2,1-3H3,(H,21,23). The first kappa shape index (κ1) is 20.9. The van der Waals surface area contributed by atoms with E-state index in [1.54, 1.807) is 12.1 Å². The normalized spacial score (nSPS) is 20.9. The largest absolute Gasteiger partial charge is 0.349 e. The lowest BCUT2D eigenvalue weighted by Crippen LogP contribution is -2.46. The van der Waals surface area contributed by atoms with Gasteiger partial charge in [-0.15, -0.1) is 0 Å². The van der Waals surface area contributed by atoms with Gasteiger partial charge in [0.25, 0.3) is 5.91 Å². The maximum atomic E-state index is 12.8. The number of nitrogens with one attached hydrogen (secondary N) is 2. The first-order valence-electron chi connectivity index (χ1n) is 9.53. The lowest BCUT2D eigenvalue weighted by Gasteiger charge is -2.28. The van der Waals surface area contributed by atoms with Crippen LogP contribution in [0.1, 0.15) is 56.8 Å². The molecular weight excluding hydrogens is 350 g/mol. The highest BCUT2D eigenvalue weighted by Crippen LogP contribution is 2.18. The predicted molar refractivity (Wildman–Crippen MR) is 104 cm³/mol. The van der Waals surface area contributed by atoms with Gasteiger partial charge in [-0.25, -0.2) is 8.42 Å². The quantitative estimate of drug-likeness (QED) is 0.725. The Kier molecular flexibility index (Phi) is 7.61. The summed E-state index contributed by atoms with van der Waals surface area (Å²) in [6.07, 6.45) is 3.36. The molecule has 2 unspecified atom stereocenters. The molecular formula is C19H31N3O3S. The fraction of sp³-hybridized carbons (Fsp3) is 0.632. The van der Waals surface area contributed by atoms with Gasteiger partial charge in [-0.05, 0) is 63.4 Å². The van der Waals surface area contributed by atoms with Gasteiger partial charge in [0.2, 0.25) is 10.0 Å². The van der Waals surface area contributed by atoms with Gasteiger partial charge in [0.05, 0.1) is 4.90 Å². The Balaban J connectivity index is 2.07. The molecule has 1 aromatic rings. The lowest BCUT2D eigenvalue weighted by atomic mass is 10.0. The molecule has 2 rings (SSSR count). The Morgan fingerprint density at radius 2 is 1.81 bits per heavy atom. The van der Waals surface area contributed by atoms with Crippen LogP contribution in [0.4, 0.5) is 0 Å². The zero-order valence-corrected chi connectivity index (χ0v) is 16.8. The summed E-state index contributed by atoms with van der Waals surface area (Å²) in [7, 11) is -3.51. The van der Waals surface area contributed by atoms with Crippen molar-refractivity contribution in [1.82, 2.24) is 14.9 Å². The molecule has 146 valence electrons. The van der Waals surface area contributed by atoms with Crippen LogP contribution in [-0.4, -0.2) is 50.3 Å². The average molecular weight is 382 g/mol. The molecule has 0 saturated carbocycles. The van der Waals surface area contributed by atoms with Crippen LogP contribution >= 0.6 is 0 Å². The first-order chi connectivity index (χ1) is 12.4. The van der Waals surface area contributed by atoms with Crippen molar-refractivity contribution >= 4 is 15.9 Å². The van der Waals surface area contributed by atoms with Crippen LogP contribution in [0.5, 0.6) is 0 Å². The van der Waals surface area contributed by atoms with Crippen molar-refractivity contribution in [2.45, 2.75) is 63.4 Å². The van der Waals surface area contributed by atoms with Gasteiger partial charge < -0.3 is 10.6 Å². The van der Waals surface area contributed by atoms with Gasteiger partial charge in [-0.3, -0.25) is 4.79 Å². The van der Waals surface area contributed by atoms with Gasteiger partial charge in [0, 0.05) is 30.7 Å². The topological polar surface area (TPSA) is 78.5 Å². The smallest absolute Gasteiger partial charge is 0.251 e. The number of piperidine rings is 1. The zero-order chi connectivity index (χ0) is 19.2. The van der Waals surface area contributed by atoms with Crippen molar-refractivity contribution in [3.63, 3.8) is 0 Å². The molecule has 6 nitrogen and oxygen atoms in total. The highest BCUT2D eigenvalue weighted by atomic mass is 32.2. The zero-order valence-electron chi connectivity index (χ0n) is 16.0. The summed E-state index contributed by atoms with van der Waals surface area (Å²) in [4.78, 5) is 12.7. The number of nitrogens with zero attached hydrogens (tertiary/aromatic N) is 1. The Morgan fingerprint density at radius 3 is 2.35 bits per heavy atom. The fourth-order valence-electron chi connectivity index (χ4n) is 3.31. The van der Waals surface area contributed by atoms with Gasteiger partial charge in [0.1, 0.15) is 0 Å². The minimum Gasteiger partial charge on any atom is -0.349 e. The summed E-state index contributed by atoms with van der Waals surface area (Å²) in [6.45, 7) is 7.95. The maximum absolute atomic E-state index is 12.8. The molecule has 1 heterocycles. The number of amides is 1. The molecule has 1 fully saturated rings. The van der Waals surface area contributed by atoms with E-state index in [0.717, 1.165) is 32.2 Å². The van der Waals surface area contributed by atoms with E-state index in [-0.39, 0.29) is 16.8 Å². The number of hydrogen-bond donors (Lipinski definition) is 2. The fourth-order valence-corrected chi connectivity index (χ4v) is 4.93. The molecule has 2 atom stereocenters. The molecule has 1 amide bonds. The number of hydrogen-bond acceptors (Lipinski definition) is 4. The van der Waals surface area contributed by atoms with Crippen LogP contribution in [0.15, 0.2) is 29.2 Å². The molecule has 1 aliphatic rings. The van der Waals surface area contributed by atoms with Crippen LogP contribution < -0.4 is 10.6 Å². The Bertz CT molecular complexity index is 682. The Hall–Kier alpha value is -1.44. The monoisotopic (exact) mass is 381 g/mol. The van der Waals surface area contributed by atoms with E-state index in [0.29, 0.717) is 24.7 Å².